The molecule has 6 nitrogen and oxygen atoms in total. The van der Waals surface area contributed by atoms with Crippen LogP contribution in [0.3, 0.4) is 0 Å². The average Bonchev–Trinajstić information content (AvgIpc) is 2.83. The van der Waals surface area contributed by atoms with Crippen molar-refractivity contribution in [2.24, 2.45) is 0 Å². The number of halogens is 2. The molecule has 0 fully saturated rings. The quantitative estimate of drug-likeness (QED) is 0.769. The molecule has 0 saturated heterocycles. The normalized spacial score (nSPS) is 14.5. The molecule has 0 atom stereocenters. The van der Waals surface area contributed by atoms with E-state index in [2.05, 4.69) is 10.2 Å². The van der Waals surface area contributed by atoms with E-state index in [0.29, 0.717) is 19.6 Å². The highest BCUT2D eigenvalue weighted by molar-refractivity contribution is 6.33. The first kappa shape index (κ1) is 12.0. The van der Waals surface area contributed by atoms with Gasteiger partial charge in [0.05, 0.1) is 23.6 Å². The molecule has 4 N–H and O–H groups in total. The van der Waals surface area contributed by atoms with E-state index in [1.165, 1.54) is 6.07 Å². The summed E-state index contributed by atoms with van der Waals surface area (Å²) in [5.74, 6) is 0.171. The van der Waals surface area contributed by atoms with Gasteiger partial charge in [0, 0.05) is 13.1 Å². The topological polar surface area (TPSA) is 86.0 Å². The van der Waals surface area contributed by atoms with Crippen molar-refractivity contribution in [3.8, 4) is 0 Å². The minimum absolute atomic E-state index is 0.101. The van der Waals surface area contributed by atoms with Crippen molar-refractivity contribution in [3.05, 3.63) is 29.1 Å². The lowest BCUT2D eigenvalue weighted by Crippen LogP contribution is -2.34. The van der Waals surface area contributed by atoms with Gasteiger partial charge in [0.1, 0.15) is 11.3 Å². The van der Waals surface area contributed by atoms with Gasteiger partial charge in [0.25, 0.3) is 0 Å². The molecule has 1 aliphatic heterocycles. The first-order chi connectivity index (χ1) is 9.08. The zero-order valence-corrected chi connectivity index (χ0v) is 10.7. The molecule has 3 rings (SSSR count). The van der Waals surface area contributed by atoms with Crippen LogP contribution in [0.15, 0.2) is 12.4 Å². The smallest absolute Gasteiger partial charge is 0.169 e. The van der Waals surface area contributed by atoms with E-state index in [1.54, 1.807) is 11.2 Å². The molecule has 19 heavy (non-hydrogen) atoms. The second-order valence-corrected chi connectivity index (χ2v) is 4.77. The van der Waals surface area contributed by atoms with Gasteiger partial charge in [-0.05, 0) is 6.07 Å². The van der Waals surface area contributed by atoms with Crippen LogP contribution in [0.5, 0.6) is 0 Å². The fraction of sp³-hybridized carbons (Fsp3) is 0.273. The molecule has 1 aromatic carbocycles. The molecule has 0 spiro atoms. The standard InChI is InChI=1S/C11H12ClFN6/c12-9-6(14)3-7(15)11(10(9)13)18-1-2-19-5-16-17-8(19)4-18/h3,5H,1-2,4,14-15H2. The summed E-state index contributed by atoms with van der Waals surface area (Å²) in [5.41, 5.74) is 12.1. The number of nitrogens with zero attached hydrogens (tertiary/aromatic N) is 4. The van der Waals surface area contributed by atoms with E-state index in [4.69, 9.17) is 23.1 Å². The van der Waals surface area contributed by atoms with Gasteiger partial charge in [-0.3, -0.25) is 0 Å². The lowest BCUT2D eigenvalue weighted by Gasteiger charge is -2.30. The van der Waals surface area contributed by atoms with Crippen LogP contribution in [0.25, 0.3) is 0 Å². The maximum Gasteiger partial charge on any atom is 0.169 e. The third kappa shape index (κ3) is 1.86. The Hall–Kier alpha value is -2.02. The molecule has 1 aliphatic rings. The Kier molecular flexibility index (Phi) is 2.70. The van der Waals surface area contributed by atoms with Crippen molar-refractivity contribution < 1.29 is 4.39 Å². The zero-order chi connectivity index (χ0) is 13.6. The number of hydrogen-bond donors (Lipinski definition) is 2. The molecule has 2 heterocycles. The second-order valence-electron chi connectivity index (χ2n) is 4.39. The van der Waals surface area contributed by atoms with E-state index in [-0.39, 0.29) is 22.1 Å². The molecule has 0 bridgehead atoms. The van der Waals surface area contributed by atoms with Crippen molar-refractivity contribution in [1.82, 2.24) is 14.8 Å². The highest BCUT2D eigenvalue weighted by atomic mass is 35.5. The highest BCUT2D eigenvalue weighted by Crippen LogP contribution is 2.37. The number of nitrogens with two attached hydrogens (primary N) is 2. The van der Waals surface area contributed by atoms with Crippen molar-refractivity contribution in [2.75, 3.05) is 22.9 Å². The van der Waals surface area contributed by atoms with Crippen LogP contribution in [0, 0.1) is 5.82 Å². The third-order valence-electron chi connectivity index (χ3n) is 3.19. The molecule has 8 heteroatoms. The van der Waals surface area contributed by atoms with E-state index in [1.807, 2.05) is 4.57 Å². The molecule has 1 aromatic heterocycles. The van der Waals surface area contributed by atoms with Gasteiger partial charge in [0.2, 0.25) is 0 Å². The molecule has 0 unspecified atom stereocenters. The molecular formula is C11H12ClFN6. The van der Waals surface area contributed by atoms with Crippen molar-refractivity contribution in [1.29, 1.82) is 0 Å². The molecule has 0 aliphatic carbocycles. The first-order valence-electron chi connectivity index (χ1n) is 5.72. The number of hydrogen-bond acceptors (Lipinski definition) is 5. The molecular weight excluding hydrogens is 271 g/mol. The highest BCUT2D eigenvalue weighted by Gasteiger charge is 2.24. The molecule has 0 saturated carbocycles. The second kappa shape index (κ2) is 4.27. The Morgan fingerprint density at radius 1 is 1.26 bits per heavy atom. The molecule has 0 amide bonds. The lowest BCUT2D eigenvalue weighted by molar-refractivity contribution is 0.545. The molecule has 2 aromatic rings. The van der Waals surface area contributed by atoms with Crippen molar-refractivity contribution in [2.45, 2.75) is 13.1 Å². The van der Waals surface area contributed by atoms with Crippen LogP contribution in [0.1, 0.15) is 5.82 Å². The fourth-order valence-corrected chi connectivity index (χ4v) is 2.38. The summed E-state index contributed by atoms with van der Waals surface area (Å²) in [7, 11) is 0. The van der Waals surface area contributed by atoms with Crippen LogP contribution in [0.4, 0.5) is 21.5 Å². The zero-order valence-electron chi connectivity index (χ0n) is 9.98. The number of rotatable bonds is 1. The van der Waals surface area contributed by atoms with Gasteiger partial charge in [-0.2, -0.15) is 0 Å². The summed E-state index contributed by atoms with van der Waals surface area (Å²) < 4.78 is 16.2. The predicted octanol–water partition coefficient (Wildman–Crippen LogP) is 1.26. The Morgan fingerprint density at radius 2 is 2.05 bits per heavy atom. The van der Waals surface area contributed by atoms with E-state index >= 15 is 0 Å². The van der Waals surface area contributed by atoms with E-state index in [0.717, 1.165) is 5.82 Å². The minimum Gasteiger partial charge on any atom is -0.397 e. The first-order valence-corrected chi connectivity index (χ1v) is 6.10. The van der Waals surface area contributed by atoms with Gasteiger partial charge < -0.3 is 20.9 Å². The summed E-state index contributed by atoms with van der Waals surface area (Å²) in [5, 5.41) is 7.71. The van der Waals surface area contributed by atoms with Crippen LogP contribution in [0.2, 0.25) is 5.02 Å². The number of anilines is 3. The summed E-state index contributed by atoms with van der Waals surface area (Å²) in [6.45, 7) is 1.71. The predicted molar refractivity (Wildman–Crippen MR) is 71.3 cm³/mol. The third-order valence-corrected chi connectivity index (χ3v) is 3.58. The largest absolute Gasteiger partial charge is 0.397 e. The van der Waals surface area contributed by atoms with Crippen LogP contribution < -0.4 is 16.4 Å². The number of nitrogen functional groups attached to an aromatic ring is 2. The summed E-state index contributed by atoms with van der Waals surface area (Å²) >= 11 is 5.84. The van der Waals surface area contributed by atoms with Crippen molar-refractivity contribution >= 4 is 28.7 Å². The van der Waals surface area contributed by atoms with Gasteiger partial charge in [-0.1, -0.05) is 11.6 Å². The summed E-state index contributed by atoms with van der Waals surface area (Å²) in [6, 6.07) is 1.47. The maximum atomic E-state index is 14.2. The summed E-state index contributed by atoms with van der Waals surface area (Å²) in [4.78, 5) is 1.79. The number of benzene rings is 1. The number of fused-ring (bicyclic) bond motifs is 1. The average molecular weight is 283 g/mol. The van der Waals surface area contributed by atoms with E-state index < -0.39 is 5.82 Å². The Balaban J connectivity index is 2.03. The van der Waals surface area contributed by atoms with Gasteiger partial charge in [-0.25, -0.2) is 4.39 Å². The molecule has 0 radical (unpaired) electrons. The Bertz CT molecular complexity index is 640. The maximum absolute atomic E-state index is 14.2. The monoisotopic (exact) mass is 282 g/mol. The Morgan fingerprint density at radius 3 is 2.84 bits per heavy atom. The fourth-order valence-electron chi connectivity index (χ4n) is 2.24. The van der Waals surface area contributed by atoms with Crippen LogP contribution >= 0.6 is 11.6 Å². The van der Waals surface area contributed by atoms with Crippen molar-refractivity contribution in [3.63, 3.8) is 0 Å². The van der Waals surface area contributed by atoms with Gasteiger partial charge >= 0.3 is 0 Å². The molecule has 100 valence electrons. The van der Waals surface area contributed by atoms with E-state index in [9.17, 15) is 4.39 Å². The Labute approximate surface area is 113 Å². The minimum atomic E-state index is -0.591. The SMILES string of the molecule is Nc1cc(N)c(N2CCn3cnnc3C2)c(F)c1Cl. The lowest BCUT2D eigenvalue weighted by atomic mass is 10.2. The van der Waals surface area contributed by atoms with Crippen LogP contribution in [-0.2, 0) is 13.1 Å². The summed E-state index contributed by atoms with van der Waals surface area (Å²) in [6.07, 6.45) is 1.66. The van der Waals surface area contributed by atoms with Gasteiger partial charge in [0.15, 0.2) is 11.6 Å². The van der Waals surface area contributed by atoms with Crippen LogP contribution in [-0.4, -0.2) is 21.3 Å². The van der Waals surface area contributed by atoms with Gasteiger partial charge in [-0.15, -0.1) is 10.2 Å². The number of aromatic nitrogens is 3.